The van der Waals surface area contributed by atoms with Crippen LogP contribution < -0.4 is 10.9 Å². The van der Waals surface area contributed by atoms with Gasteiger partial charge in [-0.15, -0.1) is 6.58 Å². The molecule has 3 nitrogen and oxygen atoms in total. The van der Waals surface area contributed by atoms with Crippen LogP contribution in [0.15, 0.2) is 43.0 Å². The first-order valence-electron chi connectivity index (χ1n) is 6.78. The Morgan fingerprint density at radius 1 is 1.26 bits per heavy atom. The first-order valence-corrected chi connectivity index (χ1v) is 6.78. The summed E-state index contributed by atoms with van der Waals surface area (Å²) in [6, 6.07) is 9.40. The van der Waals surface area contributed by atoms with Gasteiger partial charge in [0, 0.05) is 11.6 Å². The molecule has 0 aliphatic rings. The van der Waals surface area contributed by atoms with E-state index in [1.807, 2.05) is 24.3 Å². The Hall–Kier alpha value is -1.61. The van der Waals surface area contributed by atoms with Crippen LogP contribution in [-0.4, -0.2) is 11.9 Å². The fourth-order valence-corrected chi connectivity index (χ4v) is 1.90. The molecule has 1 amide bonds. The number of rotatable bonds is 7. The molecule has 1 aromatic carbocycles. The average Bonchev–Trinajstić information content (AvgIpc) is 2.42. The number of hydrazine groups is 1. The lowest BCUT2D eigenvalue weighted by molar-refractivity contribution is 0.0917. The number of nitrogens with one attached hydrogen (secondary N) is 2. The van der Waals surface area contributed by atoms with Crippen molar-refractivity contribution in [3.05, 3.63) is 48.6 Å². The van der Waals surface area contributed by atoms with Gasteiger partial charge in [0.25, 0.3) is 5.91 Å². The zero-order valence-corrected chi connectivity index (χ0v) is 12.0. The number of hydrogen-bond donors (Lipinski definition) is 2. The highest BCUT2D eigenvalue weighted by atomic mass is 16.2. The lowest BCUT2D eigenvalue weighted by atomic mass is 9.94. The Balaban J connectivity index is 2.56. The summed E-state index contributed by atoms with van der Waals surface area (Å²) in [4.78, 5) is 11.9. The summed E-state index contributed by atoms with van der Waals surface area (Å²) >= 11 is 0. The van der Waals surface area contributed by atoms with E-state index in [0.29, 0.717) is 17.4 Å². The Morgan fingerprint density at radius 3 is 2.42 bits per heavy atom. The molecule has 3 heteroatoms. The van der Waals surface area contributed by atoms with Gasteiger partial charge in [0.05, 0.1) is 0 Å². The van der Waals surface area contributed by atoms with Crippen molar-refractivity contribution in [2.75, 3.05) is 0 Å². The van der Waals surface area contributed by atoms with Gasteiger partial charge < -0.3 is 0 Å². The molecule has 0 saturated heterocycles. The fourth-order valence-electron chi connectivity index (χ4n) is 1.90. The minimum Gasteiger partial charge on any atom is -0.287 e. The quantitative estimate of drug-likeness (QED) is 0.584. The molecule has 19 heavy (non-hydrogen) atoms. The number of benzene rings is 1. The lowest BCUT2D eigenvalue weighted by Crippen LogP contribution is -2.47. The summed E-state index contributed by atoms with van der Waals surface area (Å²) in [6.07, 6.45) is 2.90. The third-order valence-corrected chi connectivity index (χ3v) is 3.14. The molecule has 0 fully saturated rings. The summed E-state index contributed by atoms with van der Waals surface area (Å²) in [5.41, 5.74) is 6.57. The molecule has 0 heterocycles. The second-order valence-electron chi connectivity index (χ2n) is 5.30. The zero-order chi connectivity index (χ0) is 14.3. The van der Waals surface area contributed by atoms with E-state index in [1.165, 1.54) is 0 Å². The van der Waals surface area contributed by atoms with Gasteiger partial charge in [0.2, 0.25) is 0 Å². The smallest absolute Gasteiger partial charge is 0.265 e. The van der Waals surface area contributed by atoms with Crippen LogP contribution in [0.1, 0.15) is 37.6 Å². The monoisotopic (exact) mass is 260 g/mol. The molecule has 0 saturated carbocycles. The summed E-state index contributed by atoms with van der Waals surface area (Å²) in [5, 5.41) is 0. The van der Waals surface area contributed by atoms with Crippen LogP contribution in [-0.2, 0) is 0 Å². The SMILES string of the molecule is C=C[C@@H](C)[C@@H](CC(C)C)NNC(=O)c1ccccc1. The van der Waals surface area contributed by atoms with Crippen molar-refractivity contribution in [2.45, 2.75) is 33.2 Å². The van der Waals surface area contributed by atoms with Crippen LogP contribution in [0.2, 0.25) is 0 Å². The van der Waals surface area contributed by atoms with Gasteiger partial charge in [0.1, 0.15) is 0 Å². The summed E-state index contributed by atoms with van der Waals surface area (Å²) in [7, 11) is 0. The molecule has 2 N–H and O–H groups in total. The van der Waals surface area contributed by atoms with Crippen molar-refractivity contribution < 1.29 is 4.79 Å². The maximum Gasteiger partial charge on any atom is 0.265 e. The average molecular weight is 260 g/mol. The van der Waals surface area contributed by atoms with Gasteiger partial charge in [-0.2, -0.15) is 0 Å². The first kappa shape index (κ1) is 15.4. The van der Waals surface area contributed by atoms with Gasteiger partial charge in [-0.25, -0.2) is 5.43 Å². The van der Waals surface area contributed by atoms with Crippen LogP contribution >= 0.6 is 0 Å². The second kappa shape index (κ2) is 7.74. The van der Waals surface area contributed by atoms with Crippen LogP contribution in [0.3, 0.4) is 0 Å². The Labute approximate surface area is 116 Å². The van der Waals surface area contributed by atoms with Crippen molar-refractivity contribution in [1.82, 2.24) is 10.9 Å². The van der Waals surface area contributed by atoms with Gasteiger partial charge in [-0.1, -0.05) is 45.0 Å². The highest BCUT2D eigenvalue weighted by molar-refractivity contribution is 5.93. The molecule has 0 aliphatic heterocycles. The van der Waals surface area contributed by atoms with Crippen molar-refractivity contribution in [3.8, 4) is 0 Å². The number of carbonyl (C=O) groups excluding carboxylic acids is 1. The molecular formula is C16H24N2O. The van der Waals surface area contributed by atoms with Crippen molar-refractivity contribution in [1.29, 1.82) is 0 Å². The molecule has 0 spiro atoms. The molecule has 0 bridgehead atoms. The highest BCUT2D eigenvalue weighted by Gasteiger charge is 2.17. The van der Waals surface area contributed by atoms with Gasteiger partial charge in [0.15, 0.2) is 0 Å². The third-order valence-electron chi connectivity index (χ3n) is 3.14. The van der Waals surface area contributed by atoms with Crippen molar-refractivity contribution >= 4 is 5.91 Å². The van der Waals surface area contributed by atoms with E-state index in [4.69, 9.17) is 0 Å². The lowest BCUT2D eigenvalue weighted by Gasteiger charge is -2.25. The van der Waals surface area contributed by atoms with Crippen molar-refractivity contribution in [2.24, 2.45) is 11.8 Å². The van der Waals surface area contributed by atoms with E-state index in [0.717, 1.165) is 6.42 Å². The number of amides is 1. The maximum absolute atomic E-state index is 11.9. The maximum atomic E-state index is 11.9. The molecule has 0 unspecified atom stereocenters. The second-order valence-corrected chi connectivity index (χ2v) is 5.30. The number of hydrogen-bond acceptors (Lipinski definition) is 2. The largest absolute Gasteiger partial charge is 0.287 e. The van der Waals surface area contributed by atoms with Crippen LogP contribution in [0.5, 0.6) is 0 Å². The summed E-state index contributed by atoms with van der Waals surface area (Å²) in [6.45, 7) is 10.3. The molecule has 2 atom stereocenters. The zero-order valence-electron chi connectivity index (χ0n) is 12.0. The van der Waals surface area contributed by atoms with E-state index in [9.17, 15) is 4.79 Å². The Bertz CT molecular complexity index is 400. The van der Waals surface area contributed by atoms with Crippen LogP contribution in [0.25, 0.3) is 0 Å². The minimum atomic E-state index is -0.106. The van der Waals surface area contributed by atoms with E-state index in [-0.39, 0.29) is 11.9 Å². The standard InChI is InChI=1S/C16H24N2O/c1-5-13(4)15(11-12(2)3)17-18-16(19)14-9-7-6-8-10-14/h5-10,12-13,15,17H,1,11H2,2-4H3,(H,18,19)/t13-,15-/m1/s1. The molecule has 1 rings (SSSR count). The van der Waals surface area contributed by atoms with Crippen LogP contribution in [0, 0.1) is 11.8 Å². The normalized spacial score (nSPS) is 13.9. The molecule has 0 aromatic heterocycles. The topological polar surface area (TPSA) is 41.1 Å². The Kier molecular flexibility index (Phi) is 6.30. The van der Waals surface area contributed by atoms with Gasteiger partial charge in [-0.05, 0) is 30.4 Å². The highest BCUT2D eigenvalue weighted by Crippen LogP contribution is 2.13. The van der Waals surface area contributed by atoms with E-state index in [2.05, 4.69) is 38.2 Å². The molecular weight excluding hydrogens is 236 g/mol. The number of carbonyl (C=O) groups is 1. The van der Waals surface area contributed by atoms with E-state index >= 15 is 0 Å². The predicted molar refractivity (Wildman–Crippen MR) is 79.6 cm³/mol. The summed E-state index contributed by atoms with van der Waals surface area (Å²) < 4.78 is 0. The predicted octanol–water partition coefficient (Wildman–Crippen LogP) is 3.16. The van der Waals surface area contributed by atoms with Crippen molar-refractivity contribution in [3.63, 3.8) is 0 Å². The van der Waals surface area contributed by atoms with E-state index in [1.54, 1.807) is 12.1 Å². The van der Waals surface area contributed by atoms with E-state index < -0.39 is 0 Å². The van der Waals surface area contributed by atoms with Gasteiger partial charge >= 0.3 is 0 Å². The Morgan fingerprint density at radius 2 is 1.89 bits per heavy atom. The summed E-state index contributed by atoms with van der Waals surface area (Å²) in [5.74, 6) is 0.762. The van der Waals surface area contributed by atoms with Gasteiger partial charge in [-0.3, -0.25) is 10.2 Å². The fraction of sp³-hybridized carbons (Fsp3) is 0.438. The molecule has 104 valence electrons. The van der Waals surface area contributed by atoms with Crippen LogP contribution in [0.4, 0.5) is 0 Å². The third kappa shape index (κ3) is 5.26. The molecule has 0 radical (unpaired) electrons. The molecule has 0 aliphatic carbocycles. The minimum absolute atomic E-state index is 0.106. The first-order chi connectivity index (χ1) is 9.04. The molecule has 1 aromatic rings.